The van der Waals surface area contributed by atoms with E-state index in [1.807, 2.05) is 4.90 Å². The highest BCUT2D eigenvalue weighted by molar-refractivity contribution is 5.66. The highest BCUT2D eigenvalue weighted by atomic mass is 19.1. The van der Waals surface area contributed by atoms with Crippen LogP contribution < -0.4 is 0 Å². The number of benzene rings is 1. The normalized spacial score (nSPS) is 10.9. The summed E-state index contributed by atoms with van der Waals surface area (Å²) in [4.78, 5) is 12.7. The quantitative estimate of drug-likeness (QED) is 0.698. The summed E-state index contributed by atoms with van der Waals surface area (Å²) in [6, 6.07) is 6.66. The van der Waals surface area contributed by atoms with Crippen molar-refractivity contribution in [2.75, 3.05) is 13.1 Å². The lowest BCUT2D eigenvalue weighted by atomic mass is 10.1. The molecule has 106 valence electrons. The van der Waals surface area contributed by atoms with Crippen molar-refractivity contribution < 1.29 is 14.3 Å². The Labute approximate surface area is 114 Å². The van der Waals surface area contributed by atoms with E-state index >= 15 is 0 Å². The van der Waals surface area contributed by atoms with E-state index in [9.17, 15) is 9.18 Å². The average Bonchev–Trinajstić information content (AvgIpc) is 2.38. The van der Waals surface area contributed by atoms with Crippen LogP contribution in [0.5, 0.6) is 0 Å². The maximum Gasteiger partial charge on any atom is 0.304 e. The van der Waals surface area contributed by atoms with Crippen molar-refractivity contribution >= 4 is 5.97 Å². The molecule has 0 spiro atoms. The first-order valence-corrected chi connectivity index (χ1v) is 6.81. The third kappa shape index (κ3) is 6.34. The van der Waals surface area contributed by atoms with Gasteiger partial charge in [0.15, 0.2) is 0 Å². The highest BCUT2D eigenvalue weighted by Crippen LogP contribution is 2.11. The first kappa shape index (κ1) is 15.6. The lowest BCUT2D eigenvalue weighted by Gasteiger charge is -2.21. The van der Waals surface area contributed by atoms with Crippen LogP contribution in [-0.2, 0) is 11.3 Å². The van der Waals surface area contributed by atoms with Gasteiger partial charge < -0.3 is 5.11 Å². The molecular formula is C15H22FNO2. The molecule has 0 aliphatic heterocycles. The standard InChI is InChI=1S/C15H22FNO2/c1-2-3-6-10-17(11-9-15(18)19)12-13-7-4-5-8-14(13)16/h4-5,7-8H,2-3,6,9-12H2,1H3,(H,18,19). The summed E-state index contributed by atoms with van der Waals surface area (Å²) in [5.41, 5.74) is 0.629. The van der Waals surface area contributed by atoms with Gasteiger partial charge in [0.2, 0.25) is 0 Å². The van der Waals surface area contributed by atoms with Gasteiger partial charge in [0, 0.05) is 18.7 Å². The molecule has 0 aliphatic carbocycles. The van der Waals surface area contributed by atoms with E-state index in [0.29, 0.717) is 18.7 Å². The fourth-order valence-corrected chi connectivity index (χ4v) is 1.98. The molecule has 0 amide bonds. The second-order valence-electron chi connectivity index (χ2n) is 4.72. The number of unbranched alkanes of at least 4 members (excludes halogenated alkanes) is 2. The van der Waals surface area contributed by atoms with Gasteiger partial charge in [0.25, 0.3) is 0 Å². The van der Waals surface area contributed by atoms with Crippen LogP contribution in [0.2, 0.25) is 0 Å². The molecular weight excluding hydrogens is 245 g/mol. The molecule has 0 saturated carbocycles. The molecule has 1 aromatic rings. The van der Waals surface area contributed by atoms with Crippen molar-refractivity contribution in [3.63, 3.8) is 0 Å². The summed E-state index contributed by atoms with van der Waals surface area (Å²) in [7, 11) is 0. The van der Waals surface area contributed by atoms with E-state index in [1.165, 1.54) is 6.07 Å². The zero-order chi connectivity index (χ0) is 14.1. The third-order valence-electron chi connectivity index (χ3n) is 3.07. The second-order valence-corrected chi connectivity index (χ2v) is 4.72. The zero-order valence-corrected chi connectivity index (χ0v) is 11.4. The monoisotopic (exact) mass is 267 g/mol. The van der Waals surface area contributed by atoms with Gasteiger partial charge in [-0.15, -0.1) is 0 Å². The molecule has 0 aromatic heterocycles. The van der Waals surface area contributed by atoms with Gasteiger partial charge in [-0.05, 0) is 19.0 Å². The zero-order valence-electron chi connectivity index (χ0n) is 11.4. The summed E-state index contributed by atoms with van der Waals surface area (Å²) in [5.74, 6) is -1.03. The largest absolute Gasteiger partial charge is 0.481 e. The Kier molecular flexibility index (Phi) is 7.11. The van der Waals surface area contributed by atoms with E-state index in [-0.39, 0.29) is 12.2 Å². The predicted octanol–water partition coefficient (Wildman–Crippen LogP) is 3.29. The Morgan fingerprint density at radius 2 is 2.00 bits per heavy atom. The predicted molar refractivity (Wildman–Crippen MR) is 73.5 cm³/mol. The van der Waals surface area contributed by atoms with Crippen molar-refractivity contribution in [2.24, 2.45) is 0 Å². The molecule has 1 N–H and O–H groups in total. The Balaban J connectivity index is 2.56. The Morgan fingerprint density at radius 3 is 2.63 bits per heavy atom. The number of hydrogen-bond acceptors (Lipinski definition) is 2. The topological polar surface area (TPSA) is 40.5 Å². The van der Waals surface area contributed by atoms with E-state index in [2.05, 4.69) is 6.92 Å². The van der Waals surface area contributed by atoms with E-state index in [4.69, 9.17) is 5.11 Å². The molecule has 0 aliphatic rings. The van der Waals surface area contributed by atoms with Gasteiger partial charge in [-0.25, -0.2) is 4.39 Å². The molecule has 4 heteroatoms. The maximum absolute atomic E-state index is 13.6. The number of rotatable bonds is 9. The first-order valence-electron chi connectivity index (χ1n) is 6.81. The van der Waals surface area contributed by atoms with Crippen LogP contribution in [0.3, 0.4) is 0 Å². The molecule has 3 nitrogen and oxygen atoms in total. The van der Waals surface area contributed by atoms with Crippen molar-refractivity contribution in [2.45, 2.75) is 39.2 Å². The van der Waals surface area contributed by atoms with Crippen LogP contribution in [0.4, 0.5) is 4.39 Å². The Bertz CT molecular complexity index is 395. The molecule has 19 heavy (non-hydrogen) atoms. The molecule has 0 radical (unpaired) electrons. The van der Waals surface area contributed by atoms with Gasteiger partial charge in [-0.1, -0.05) is 38.0 Å². The second kappa shape index (κ2) is 8.64. The number of halogens is 1. The number of carbonyl (C=O) groups is 1. The summed E-state index contributed by atoms with van der Waals surface area (Å²) in [5, 5.41) is 8.75. The summed E-state index contributed by atoms with van der Waals surface area (Å²) >= 11 is 0. The van der Waals surface area contributed by atoms with E-state index in [0.717, 1.165) is 25.8 Å². The van der Waals surface area contributed by atoms with Gasteiger partial charge in [0.1, 0.15) is 5.82 Å². The third-order valence-corrected chi connectivity index (χ3v) is 3.07. The van der Waals surface area contributed by atoms with Gasteiger partial charge in [-0.3, -0.25) is 9.69 Å². The van der Waals surface area contributed by atoms with Crippen molar-refractivity contribution in [1.29, 1.82) is 0 Å². The molecule has 1 aromatic carbocycles. The van der Waals surface area contributed by atoms with Crippen molar-refractivity contribution in [3.8, 4) is 0 Å². The lowest BCUT2D eigenvalue weighted by molar-refractivity contribution is -0.137. The van der Waals surface area contributed by atoms with Gasteiger partial charge >= 0.3 is 5.97 Å². The van der Waals surface area contributed by atoms with Crippen molar-refractivity contribution in [1.82, 2.24) is 4.90 Å². The molecule has 1 rings (SSSR count). The van der Waals surface area contributed by atoms with Crippen LogP contribution in [0.15, 0.2) is 24.3 Å². The fraction of sp³-hybridized carbons (Fsp3) is 0.533. The van der Waals surface area contributed by atoms with E-state index in [1.54, 1.807) is 18.2 Å². The van der Waals surface area contributed by atoms with Crippen LogP contribution in [-0.4, -0.2) is 29.1 Å². The number of nitrogens with zero attached hydrogens (tertiary/aromatic N) is 1. The molecule has 0 unspecified atom stereocenters. The molecule has 0 heterocycles. The van der Waals surface area contributed by atoms with Gasteiger partial charge in [0.05, 0.1) is 6.42 Å². The van der Waals surface area contributed by atoms with Crippen LogP contribution >= 0.6 is 0 Å². The summed E-state index contributed by atoms with van der Waals surface area (Å²) in [6.45, 7) is 3.88. The van der Waals surface area contributed by atoms with Gasteiger partial charge in [-0.2, -0.15) is 0 Å². The summed E-state index contributed by atoms with van der Waals surface area (Å²) in [6.07, 6.45) is 3.35. The molecule has 0 bridgehead atoms. The Hall–Kier alpha value is -1.42. The van der Waals surface area contributed by atoms with Crippen LogP contribution in [0.25, 0.3) is 0 Å². The number of carboxylic acids is 1. The molecule has 0 saturated heterocycles. The average molecular weight is 267 g/mol. The molecule has 0 fully saturated rings. The van der Waals surface area contributed by atoms with Crippen LogP contribution in [0.1, 0.15) is 38.2 Å². The SMILES string of the molecule is CCCCCN(CCC(=O)O)Cc1ccccc1F. The minimum absolute atomic E-state index is 0.0978. The van der Waals surface area contributed by atoms with E-state index < -0.39 is 5.97 Å². The summed E-state index contributed by atoms with van der Waals surface area (Å²) < 4.78 is 13.6. The van der Waals surface area contributed by atoms with Crippen LogP contribution in [0, 0.1) is 5.82 Å². The van der Waals surface area contributed by atoms with Crippen molar-refractivity contribution in [3.05, 3.63) is 35.6 Å². The minimum atomic E-state index is -0.811. The minimum Gasteiger partial charge on any atom is -0.481 e. The number of carboxylic acid groups (broad SMARTS) is 1. The highest BCUT2D eigenvalue weighted by Gasteiger charge is 2.10. The Morgan fingerprint density at radius 1 is 1.26 bits per heavy atom. The smallest absolute Gasteiger partial charge is 0.304 e. The number of aliphatic carboxylic acids is 1. The molecule has 0 atom stereocenters. The fourth-order valence-electron chi connectivity index (χ4n) is 1.98. The lowest BCUT2D eigenvalue weighted by Crippen LogP contribution is -2.27. The first-order chi connectivity index (χ1) is 9.13. The maximum atomic E-state index is 13.6. The number of hydrogen-bond donors (Lipinski definition) is 1.